The number of hydrogen-bond donors (Lipinski definition) is 1. The summed E-state index contributed by atoms with van der Waals surface area (Å²) < 4.78 is 5.94. The fraction of sp³-hybridized carbons (Fsp3) is 0.550. The monoisotopic (exact) mass is 338 g/mol. The Kier molecular flexibility index (Phi) is 5.19. The predicted molar refractivity (Wildman–Crippen MR) is 101 cm³/mol. The molecule has 1 atom stereocenters. The fourth-order valence-electron chi connectivity index (χ4n) is 2.94. The number of aromatic nitrogens is 1. The van der Waals surface area contributed by atoms with Gasteiger partial charge in [-0.1, -0.05) is 11.8 Å². The van der Waals surface area contributed by atoms with Crippen LogP contribution in [0.4, 0.5) is 0 Å². The van der Waals surface area contributed by atoms with Crippen LogP contribution in [0.2, 0.25) is 0 Å². The number of rotatable bonds is 4. The number of aliphatic imine (C=N–C) groups is 1. The third-order valence-electron chi connectivity index (χ3n) is 4.53. The number of hydrazone groups is 1. The molecule has 25 heavy (non-hydrogen) atoms. The van der Waals surface area contributed by atoms with Crippen molar-refractivity contribution in [1.82, 2.24) is 4.98 Å². The molecule has 5 heteroatoms. The van der Waals surface area contributed by atoms with Crippen LogP contribution in [0.15, 0.2) is 22.4 Å². The van der Waals surface area contributed by atoms with Crippen LogP contribution in [-0.4, -0.2) is 35.2 Å². The molecule has 3 rings (SSSR count). The summed E-state index contributed by atoms with van der Waals surface area (Å²) in [5.74, 6) is 12.6. The Morgan fingerprint density at radius 3 is 2.84 bits per heavy atom. The van der Waals surface area contributed by atoms with E-state index in [9.17, 15) is 0 Å². The quantitative estimate of drug-likeness (QED) is 0.397. The van der Waals surface area contributed by atoms with Gasteiger partial charge in [-0.25, -0.2) is 0 Å². The van der Waals surface area contributed by atoms with Gasteiger partial charge in [0.1, 0.15) is 5.71 Å². The number of ether oxygens (including phenoxy) is 1. The van der Waals surface area contributed by atoms with Crippen molar-refractivity contribution in [3.63, 3.8) is 0 Å². The van der Waals surface area contributed by atoms with Crippen LogP contribution in [0.25, 0.3) is 0 Å². The van der Waals surface area contributed by atoms with Crippen LogP contribution in [0.5, 0.6) is 0 Å². The first-order valence-corrected chi connectivity index (χ1v) is 8.91. The summed E-state index contributed by atoms with van der Waals surface area (Å²) in [7, 11) is 0. The molecule has 1 aliphatic carbocycles. The molecule has 1 aliphatic heterocycles. The second-order valence-electron chi connectivity index (χ2n) is 7.48. The summed E-state index contributed by atoms with van der Waals surface area (Å²) in [6.07, 6.45) is 8.18. The molecular formula is C20H26N4O. The van der Waals surface area contributed by atoms with Crippen LogP contribution in [-0.2, 0) is 4.74 Å². The minimum atomic E-state index is -0.0412. The summed E-state index contributed by atoms with van der Waals surface area (Å²) >= 11 is 0. The van der Waals surface area contributed by atoms with Crippen molar-refractivity contribution in [2.45, 2.75) is 58.2 Å². The van der Waals surface area contributed by atoms with Gasteiger partial charge in [-0.2, -0.15) is 5.10 Å². The van der Waals surface area contributed by atoms with Crippen molar-refractivity contribution in [3.05, 3.63) is 29.1 Å². The molecule has 2 heterocycles. The van der Waals surface area contributed by atoms with Crippen LogP contribution in [0.3, 0.4) is 0 Å². The molecule has 0 amide bonds. The van der Waals surface area contributed by atoms with Gasteiger partial charge in [0, 0.05) is 17.7 Å². The van der Waals surface area contributed by atoms with Gasteiger partial charge in [-0.15, -0.1) is 0 Å². The van der Waals surface area contributed by atoms with Gasteiger partial charge in [-0.3, -0.25) is 9.98 Å². The number of nitrogens with zero attached hydrogens (tertiary/aromatic N) is 3. The molecule has 0 spiro atoms. The minimum Gasteiger partial charge on any atom is -0.370 e. The summed E-state index contributed by atoms with van der Waals surface area (Å²) in [6, 6.07) is 2.03. The van der Waals surface area contributed by atoms with Gasteiger partial charge in [0.2, 0.25) is 0 Å². The van der Waals surface area contributed by atoms with E-state index in [-0.39, 0.29) is 11.7 Å². The first-order valence-electron chi connectivity index (χ1n) is 8.91. The lowest BCUT2D eigenvalue weighted by molar-refractivity contribution is -0.0105. The minimum absolute atomic E-state index is 0.0412. The number of aryl methyl sites for hydroxylation is 1. The molecule has 132 valence electrons. The van der Waals surface area contributed by atoms with E-state index in [0.717, 1.165) is 29.7 Å². The average molecular weight is 338 g/mol. The van der Waals surface area contributed by atoms with Gasteiger partial charge in [0.05, 0.1) is 30.2 Å². The first-order chi connectivity index (χ1) is 12.0. The maximum atomic E-state index is 5.94. The number of pyridine rings is 1. The van der Waals surface area contributed by atoms with Crippen molar-refractivity contribution in [1.29, 1.82) is 0 Å². The molecule has 0 radical (unpaired) electrons. The molecule has 1 unspecified atom stereocenters. The smallest absolute Gasteiger partial charge is 0.126 e. The molecular weight excluding hydrogens is 312 g/mol. The molecule has 2 N–H and O–H groups in total. The summed E-state index contributed by atoms with van der Waals surface area (Å²) in [5, 5.41) is 3.85. The zero-order valence-corrected chi connectivity index (χ0v) is 15.2. The van der Waals surface area contributed by atoms with Gasteiger partial charge < -0.3 is 10.6 Å². The van der Waals surface area contributed by atoms with E-state index in [1.165, 1.54) is 12.8 Å². The zero-order valence-electron chi connectivity index (χ0n) is 15.2. The number of hydrogen-bond acceptors (Lipinski definition) is 5. The van der Waals surface area contributed by atoms with E-state index in [4.69, 9.17) is 10.6 Å². The SMILES string of the molecule is Cc1cc(C#CC2CC2)cnc1/C(C=NCC1CCC(C)(C)O1)=N/N. The van der Waals surface area contributed by atoms with E-state index in [2.05, 4.69) is 40.8 Å². The van der Waals surface area contributed by atoms with Crippen molar-refractivity contribution >= 4 is 11.9 Å². The zero-order chi connectivity index (χ0) is 17.9. The van der Waals surface area contributed by atoms with E-state index in [1.807, 2.05) is 13.0 Å². The Morgan fingerprint density at radius 1 is 1.44 bits per heavy atom. The van der Waals surface area contributed by atoms with E-state index >= 15 is 0 Å². The lowest BCUT2D eigenvalue weighted by Crippen LogP contribution is -2.21. The van der Waals surface area contributed by atoms with Crippen molar-refractivity contribution in [2.75, 3.05) is 6.54 Å². The van der Waals surface area contributed by atoms with Crippen LogP contribution >= 0.6 is 0 Å². The van der Waals surface area contributed by atoms with Crippen molar-refractivity contribution in [2.24, 2.45) is 21.9 Å². The largest absolute Gasteiger partial charge is 0.370 e. The van der Waals surface area contributed by atoms with Gasteiger partial charge >= 0.3 is 0 Å². The Labute approximate surface area is 149 Å². The summed E-state index contributed by atoms with van der Waals surface area (Å²) in [4.78, 5) is 8.95. The average Bonchev–Trinajstić information content (AvgIpc) is 3.33. The highest BCUT2D eigenvalue weighted by atomic mass is 16.5. The summed E-state index contributed by atoms with van der Waals surface area (Å²) in [6.45, 7) is 6.84. The van der Waals surface area contributed by atoms with Gasteiger partial charge in [0.15, 0.2) is 0 Å². The fourth-order valence-corrected chi connectivity index (χ4v) is 2.94. The normalized spacial score (nSPS) is 22.8. The Morgan fingerprint density at radius 2 is 2.24 bits per heavy atom. The molecule has 1 aromatic rings. The van der Waals surface area contributed by atoms with Crippen LogP contribution in [0.1, 0.15) is 56.4 Å². The molecule has 0 aromatic carbocycles. The lowest BCUT2D eigenvalue weighted by atomic mass is 10.1. The third-order valence-corrected chi connectivity index (χ3v) is 4.53. The molecule has 2 fully saturated rings. The van der Waals surface area contributed by atoms with E-state index in [0.29, 0.717) is 18.2 Å². The second kappa shape index (κ2) is 7.37. The molecule has 1 aromatic heterocycles. The molecule has 1 saturated heterocycles. The first kappa shape index (κ1) is 17.6. The molecule has 5 nitrogen and oxygen atoms in total. The van der Waals surface area contributed by atoms with Crippen molar-refractivity contribution < 1.29 is 4.74 Å². The standard InChI is InChI=1S/C20H26N4O/c1-14-10-16(7-6-15-4-5-15)11-23-19(14)18(24-21)13-22-12-17-8-9-20(2,3)25-17/h10-11,13,15,17H,4-5,8-9,12,21H2,1-3H3/b22-13?,24-18+. The van der Waals surface area contributed by atoms with Gasteiger partial charge in [0.25, 0.3) is 0 Å². The van der Waals surface area contributed by atoms with Crippen LogP contribution in [0, 0.1) is 24.7 Å². The summed E-state index contributed by atoms with van der Waals surface area (Å²) in [5.41, 5.74) is 3.22. The highest BCUT2D eigenvalue weighted by molar-refractivity contribution is 6.37. The van der Waals surface area contributed by atoms with Crippen molar-refractivity contribution in [3.8, 4) is 11.8 Å². The Bertz CT molecular complexity index is 751. The maximum absolute atomic E-state index is 5.94. The highest BCUT2D eigenvalue weighted by Gasteiger charge is 2.31. The third kappa shape index (κ3) is 4.90. The Hall–Kier alpha value is -2.19. The Balaban J connectivity index is 1.64. The molecule has 0 bridgehead atoms. The predicted octanol–water partition coefficient (Wildman–Crippen LogP) is 2.84. The maximum Gasteiger partial charge on any atom is 0.126 e. The van der Waals surface area contributed by atoms with E-state index in [1.54, 1.807) is 12.4 Å². The topological polar surface area (TPSA) is 72.9 Å². The molecule has 2 aliphatic rings. The second-order valence-corrected chi connectivity index (χ2v) is 7.48. The van der Waals surface area contributed by atoms with Gasteiger partial charge in [-0.05, 0) is 58.1 Å². The van der Waals surface area contributed by atoms with Crippen LogP contribution < -0.4 is 5.84 Å². The highest BCUT2D eigenvalue weighted by Crippen LogP contribution is 2.29. The molecule has 1 saturated carbocycles. The lowest BCUT2D eigenvalue weighted by Gasteiger charge is -2.18. The number of nitrogens with two attached hydrogens (primary N) is 1. The van der Waals surface area contributed by atoms with E-state index < -0.39 is 0 Å².